The van der Waals surface area contributed by atoms with Gasteiger partial charge in [0.15, 0.2) is 0 Å². The highest BCUT2D eigenvalue weighted by Crippen LogP contribution is 2.19. The molecule has 18 heavy (non-hydrogen) atoms. The molecule has 0 spiro atoms. The number of rotatable bonds is 3. The lowest BCUT2D eigenvalue weighted by Crippen LogP contribution is -2.43. The fourth-order valence-electron chi connectivity index (χ4n) is 1.71. The second-order valence-electron chi connectivity index (χ2n) is 3.98. The summed E-state index contributed by atoms with van der Waals surface area (Å²) in [6, 6.07) is 4.57. The first-order valence-corrected chi connectivity index (χ1v) is 6.50. The van der Waals surface area contributed by atoms with E-state index in [1.54, 1.807) is 17.0 Å². The van der Waals surface area contributed by atoms with E-state index in [1.165, 1.54) is 6.07 Å². The van der Waals surface area contributed by atoms with Gasteiger partial charge in [0.05, 0.1) is 24.2 Å². The number of anilines is 1. The minimum absolute atomic E-state index is 0.0266. The largest absolute Gasteiger partial charge is 0.378 e. The first kappa shape index (κ1) is 13.3. The van der Waals surface area contributed by atoms with Gasteiger partial charge in [-0.3, -0.25) is 4.79 Å². The molecule has 1 aliphatic rings. The first-order chi connectivity index (χ1) is 8.66. The van der Waals surface area contributed by atoms with Crippen LogP contribution in [-0.4, -0.2) is 43.7 Å². The predicted molar refractivity (Wildman–Crippen MR) is 70.0 cm³/mol. The van der Waals surface area contributed by atoms with Crippen molar-refractivity contribution in [1.82, 2.24) is 4.90 Å². The molecular weight excluding hydrogens is 303 g/mol. The van der Waals surface area contributed by atoms with Crippen molar-refractivity contribution in [3.8, 4) is 0 Å². The maximum Gasteiger partial charge on any atom is 0.242 e. The summed E-state index contributed by atoms with van der Waals surface area (Å²) in [5.74, 6) is -0.293. The molecule has 4 nitrogen and oxygen atoms in total. The molecule has 6 heteroatoms. The van der Waals surface area contributed by atoms with Crippen LogP contribution in [0.1, 0.15) is 0 Å². The second-order valence-corrected chi connectivity index (χ2v) is 4.83. The Balaban J connectivity index is 1.86. The summed E-state index contributed by atoms with van der Waals surface area (Å²) in [7, 11) is 0. The zero-order chi connectivity index (χ0) is 13.0. The van der Waals surface area contributed by atoms with E-state index in [4.69, 9.17) is 4.74 Å². The van der Waals surface area contributed by atoms with Gasteiger partial charge in [-0.2, -0.15) is 0 Å². The van der Waals surface area contributed by atoms with Crippen molar-refractivity contribution < 1.29 is 13.9 Å². The fourth-order valence-corrected chi connectivity index (χ4v) is 2.09. The zero-order valence-electron chi connectivity index (χ0n) is 9.79. The average Bonchev–Trinajstić information content (AvgIpc) is 2.41. The standard InChI is InChI=1S/C12H14BrFN2O2/c13-10-7-9(1-2-11(10)14)15-8-12(17)16-3-5-18-6-4-16/h1-2,7,15H,3-6,8H2. The van der Waals surface area contributed by atoms with E-state index in [0.29, 0.717) is 36.5 Å². The van der Waals surface area contributed by atoms with Gasteiger partial charge < -0.3 is 15.0 Å². The Morgan fingerprint density at radius 2 is 2.17 bits per heavy atom. The quantitative estimate of drug-likeness (QED) is 0.925. The van der Waals surface area contributed by atoms with Gasteiger partial charge >= 0.3 is 0 Å². The normalized spacial score (nSPS) is 15.6. The molecule has 1 aromatic carbocycles. The summed E-state index contributed by atoms with van der Waals surface area (Å²) in [5, 5.41) is 2.98. The van der Waals surface area contributed by atoms with Crippen LogP contribution in [-0.2, 0) is 9.53 Å². The monoisotopic (exact) mass is 316 g/mol. The minimum Gasteiger partial charge on any atom is -0.378 e. The number of ether oxygens (including phenoxy) is 1. The van der Waals surface area contributed by atoms with Gasteiger partial charge in [0.2, 0.25) is 5.91 Å². The van der Waals surface area contributed by atoms with Crippen molar-refractivity contribution in [2.24, 2.45) is 0 Å². The predicted octanol–water partition coefficient (Wildman–Crippen LogP) is 1.86. The van der Waals surface area contributed by atoms with E-state index in [0.717, 1.165) is 0 Å². The molecule has 0 radical (unpaired) electrons. The lowest BCUT2D eigenvalue weighted by molar-refractivity contribution is -0.133. The molecule has 1 aliphatic heterocycles. The number of hydrogen-bond donors (Lipinski definition) is 1. The summed E-state index contributed by atoms with van der Waals surface area (Å²) in [5.41, 5.74) is 0.713. The van der Waals surface area contributed by atoms with Gasteiger partial charge in [0, 0.05) is 18.8 Å². The van der Waals surface area contributed by atoms with Crippen molar-refractivity contribution in [3.63, 3.8) is 0 Å². The number of carbonyl (C=O) groups excluding carboxylic acids is 1. The molecule has 0 aliphatic carbocycles. The SMILES string of the molecule is O=C(CNc1ccc(F)c(Br)c1)N1CCOCC1. The van der Waals surface area contributed by atoms with Gasteiger partial charge in [-0.05, 0) is 34.1 Å². The Morgan fingerprint density at radius 1 is 1.44 bits per heavy atom. The summed E-state index contributed by atoms with van der Waals surface area (Å²) in [4.78, 5) is 13.6. The minimum atomic E-state index is -0.319. The maximum absolute atomic E-state index is 13.0. The molecular formula is C12H14BrFN2O2. The third-order valence-electron chi connectivity index (χ3n) is 2.73. The van der Waals surface area contributed by atoms with E-state index in [1.807, 2.05) is 0 Å². The van der Waals surface area contributed by atoms with Gasteiger partial charge in [-0.15, -0.1) is 0 Å². The lowest BCUT2D eigenvalue weighted by Gasteiger charge is -2.27. The summed E-state index contributed by atoms with van der Waals surface area (Å²) >= 11 is 3.10. The second kappa shape index (κ2) is 6.15. The van der Waals surface area contributed by atoms with Crippen molar-refractivity contribution in [2.45, 2.75) is 0 Å². The number of benzene rings is 1. The van der Waals surface area contributed by atoms with Gasteiger partial charge in [-0.1, -0.05) is 0 Å². The van der Waals surface area contributed by atoms with Crippen molar-refractivity contribution >= 4 is 27.5 Å². The number of halogens is 2. The molecule has 2 rings (SSSR count). The molecule has 98 valence electrons. The van der Waals surface area contributed by atoms with Crippen LogP contribution in [0.4, 0.5) is 10.1 Å². The van der Waals surface area contributed by atoms with Gasteiger partial charge in [0.1, 0.15) is 5.82 Å². The van der Waals surface area contributed by atoms with Crippen LogP contribution in [0.3, 0.4) is 0 Å². The van der Waals surface area contributed by atoms with Crippen LogP contribution in [0.25, 0.3) is 0 Å². The fraction of sp³-hybridized carbons (Fsp3) is 0.417. The Hall–Kier alpha value is -1.14. The molecule has 1 aromatic rings. The Morgan fingerprint density at radius 3 is 2.83 bits per heavy atom. The summed E-state index contributed by atoms with van der Waals surface area (Å²) in [6.07, 6.45) is 0. The smallest absolute Gasteiger partial charge is 0.242 e. The number of carbonyl (C=O) groups is 1. The molecule has 0 aromatic heterocycles. The van der Waals surface area contributed by atoms with E-state index in [9.17, 15) is 9.18 Å². The first-order valence-electron chi connectivity index (χ1n) is 5.71. The van der Waals surface area contributed by atoms with E-state index >= 15 is 0 Å². The molecule has 1 N–H and O–H groups in total. The van der Waals surface area contributed by atoms with Crippen LogP contribution in [0.15, 0.2) is 22.7 Å². The molecule has 1 heterocycles. The van der Waals surface area contributed by atoms with Crippen molar-refractivity contribution in [3.05, 3.63) is 28.5 Å². The lowest BCUT2D eigenvalue weighted by atomic mass is 10.3. The van der Waals surface area contributed by atoms with Crippen molar-refractivity contribution in [2.75, 3.05) is 38.2 Å². The highest BCUT2D eigenvalue weighted by Gasteiger charge is 2.16. The third-order valence-corrected chi connectivity index (χ3v) is 3.33. The van der Waals surface area contributed by atoms with Crippen LogP contribution in [0.5, 0.6) is 0 Å². The van der Waals surface area contributed by atoms with Crippen LogP contribution >= 0.6 is 15.9 Å². The molecule has 1 amide bonds. The number of hydrogen-bond acceptors (Lipinski definition) is 3. The Kier molecular flexibility index (Phi) is 4.54. The van der Waals surface area contributed by atoms with E-state index in [2.05, 4.69) is 21.2 Å². The third kappa shape index (κ3) is 3.43. The topological polar surface area (TPSA) is 41.6 Å². The maximum atomic E-state index is 13.0. The highest BCUT2D eigenvalue weighted by atomic mass is 79.9. The molecule has 0 bridgehead atoms. The van der Waals surface area contributed by atoms with Crippen molar-refractivity contribution in [1.29, 1.82) is 0 Å². The van der Waals surface area contributed by atoms with Gasteiger partial charge in [-0.25, -0.2) is 4.39 Å². The Labute approximate surface area is 113 Å². The molecule has 0 saturated carbocycles. The van der Waals surface area contributed by atoms with E-state index < -0.39 is 0 Å². The van der Waals surface area contributed by atoms with Crippen LogP contribution in [0, 0.1) is 5.82 Å². The van der Waals surface area contributed by atoms with E-state index in [-0.39, 0.29) is 18.3 Å². The number of morpholine rings is 1. The highest BCUT2D eigenvalue weighted by molar-refractivity contribution is 9.10. The van der Waals surface area contributed by atoms with Crippen LogP contribution in [0.2, 0.25) is 0 Å². The molecule has 1 fully saturated rings. The number of amides is 1. The summed E-state index contributed by atoms with van der Waals surface area (Å²) < 4.78 is 18.6. The average molecular weight is 317 g/mol. The Bertz CT molecular complexity index is 436. The molecule has 1 saturated heterocycles. The number of nitrogens with one attached hydrogen (secondary N) is 1. The zero-order valence-corrected chi connectivity index (χ0v) is 11.4. The summed E-state index contributed by atoms with van der Waals surface area (Å²) in [6.45, 7) is 2.65. The molecule has 0 unspecified atom stereocenters. The molecule has 0 atom stereocenters. The van der Waals surface area contributed by atoms with Crippen LogP contribution < -0.4 is 5.32 Å². The van der Waals surface area contributed by atoms with Gasteiger partial charge in [0.25, 0.3) is 0 Å². The number of nitrogens with zero attached hydrogens (tertiary/aromatic N) is 1.